The standard InChI is InChI=1S/C11H20ClN3O/c1-4-9-11(12)10(15(3)14-9)6-13-5-8(2)7-16/h8,13,16H,4-7H2,1-3H3. The fourth-order valence-corrected chi connectivity index (χ4v) is 1.87. The number of rotatable bonds is 6. The van der Waals surface area contributed by atoms with Crippen LogP contribution in [0.15, 0.2) is 0 Å². The Morgan fingerprint density at radius 3 is 2.75 bits per heavy atom. The molecule has 5 heteroatoms. The predicted octanol–water partition coefficient (Wildman–Crippen LogP) is 1.35. The second-order valence-electron chi connectivity index (χ2n) is 4.10. The van der Waals surface area contributed by atoms with Crippen LogP contribution >= 0.6 is 11.6 Å². The van der Waals surface area contributed by atoms with E-state index in [2.05, 4.69) is 10.4 Å². The van der Waals surface area contributed by atoms with Crippen molar-refractivity contribution >= 4 is 11.6 Å². The number of aliphatic hydroxyl groups is 1. The molecule has 0 aliphatic rings. The van der Waals surface area contributed by atoms with E-state index in [1.807, 2.05) is 25.6 Å². The van der Waals surface area contributed by atoms with Crippen LogP contribution in [0.25, 0.3) is 0 Å². The Morgan fingerprint density at radius 2 is 2.25 bits per heavy atom. The van der Waals surface area contributed by atoms with Crippen molar-refractivity contribution in [1.29, 1.82) is 0 Å². The molecule has 0 fully saturated rings. The quantitative estimate of drug-likeness (QED) is 0.796. The molecule has 0 amide bonds. The summed E-state index contributed by atoms with van der Waals surface area (Å²) >= 11 is 6.21. The monoisotopic (exact) mass is 245 g/mol. The lowest BCUT2D eigenvalue weighted by atomic mass is 10.2. The van der Waals surface area contributed by atoms with E-state index in [0.717, 1.165) is 29.4 Å². The Balaban J connectivity index is 2.56. The third-order valence-corrected chi connectivity index (χ3v) is 3.04. The highest BCUT2D eigenvalue weighted by molar-refractivity contribution is 6.31. The van der Waals surface area contributed by atoms with Crippen molar-refractivity contribution in [1.82, 2.24) is 15.1 Å². The maximum Gasteiger partial charge on any atom is 0.0863 e. The van der Waals surface area contributed by atoms with Gasteiger partial charge in [0, 0.05) is 26.7 Å². The number of halogens is 1. The third-order valence-electron chi connectivity index (χ3n) is 2.60. The summed E-state index contributed by atoms with van der Waals surface area (Å²) < 4.78 is 1.82. The summed E-state index contributed by atoms with van der Waals surface area (Å²) in [5.74, 6) is 0.262. The summed E-state index contributed by atoms with van der Waals surface area (Å²) in [6.45, 7) is 5.70. The van der Waals surface area contributed by atoms with Crippen LogP contribution in [0.2, 0.25) is 5.02 Å². The van der Waals surface area contributed by atoms with Crippen LogP contribution in [0.5, 0.6) is 0 Å². The molecule has 0 aromatic carbocycles. The summed E-state index contributed by atoms with van der Waals surface area (Å²) in [5, 5.41) is 17.3. The molecule has 1 heterocycles. The van der Waals surface area contributed by atoms with Crippen LogP contribution in [0.3, 0.4) is 0 Å². The maximum absolute atomic E-state index is 8.90. The highest BCUT2D eigenvalue weighted by Crippen LogP contribution is 2.20. The van der Waals surface area contributed by atoms with Gasteiger partial charge in [-0.2, -0.15) is 5.10 Å². The van der Waals surface area contributed by atoms with Crippen molar-refractivity contribution in [2.45, 2.75) is 26.8 Å². The number of aliphatic hydroxyl groups excluding tert-OH is 1. The normalized spacial score (nSPS) is 13.1. The SMILES string of the molecule is CCc1nn(C)c(CNCC(C)CO)c1Cl. The van der Waals surface area contributed by atoms with Crippen LogP contribution in [0.4, 0.5) is 0 Å². The molecule has 16 heavy (non-hydrogen) atoms. The molecule has 2 N–H and O–H groups in total. The van der Waals surface area contributed by atoms with Crippen LogP contribution in [-0.2, 0) is 20.0 Å². The summed E-state index contributed by atoms with van der Waals surface area (Å²) in [7, 11) is 1.90. The van der Waals surface area contributed by atoms with E-state index >= 15 is 0 Å². The van der Waals surface area contributed by atoms with Gasteiger partial charge in [0.1, 0.15) is 0 Å². The fraction of sp³-hybridized carbons (Fsp3) is 0.727. The zero-order valence-electron chi connectivity index (χ0n) is 10.1. The average molecular weight is 246 g/mol. The molecule has 0 saturated carbocycles. The van der Waals surface area contributed by atoms with Crippen molar-refractivity contribution in [3.05, 3.63) is 16.4 Å². The maximum atomic E-state index is 8.90. The van der Waals surface area contributed by atoms with Crippen molar-refractivity contribution in [2.24, 2.45) is 13.0 Å². The van der Waals surface area contributed by atoms with Crippen LogP contribution in [-0.4, -0.2) is 28.0 Å². The lowest BCUT2D eigenvalue weighted by molar-refractivity contribution is 0.233. The zero-order chi connectivity index (χ0) is 12.1. The molecule has 1 aromatic heterocycles. The minimum absolute atomic E-state index is 0.201. The minimum Gasteiger partial charge on any atom is -0.396 e. The number of aryl methyl sites for hydroxylation is 2. The predicted molar refractivity (Wildman–Crippen MR) is 65.6 cm³/mol. The molecule has 0 radical (unpaired) electrons. The van der Waals surface area contributed by atoms with Gasteiger partial charge in [-0.1, -0.05) is 25.4 Å². The van der Waals surface area contributed by atoms with Crippen molar-refractivity contribution in [3.8, 4) is 0 Å². The summed E-state index contributed by atoms with van der Waals surface area (Å²) in [5.41, 5.74) is 1.94. The second-order valence-corrected chi connectivity index (χ2v) is 4.48. The van der Waals surface area contributed by atoms with Gasteiger partial charge in [-0.3, -0.25) is 4.68 Å². The van der Waals surface area contributed by atoms with E-state index in [9.17, 15) is 0 Å². The molecule has 1 atom stereocenters. The number of hydrogen-bond donors (Lipinski definition) is 2. The van der Waals surface area contributed by atoms with Gasteiger partial charge >= 0.3 is 0 Å². The Bertz CT molecular complexity index is 338. The Morgan fingerprint density at radius 1 is 1.56 bits per heavy atom. The molecule has 4 nitrogen and oxygen atoms in total. The molecule has 0 bridgehead atoms. The number of nitrogens with zero attached hydrogens (tertiary/aromatic N) is 2. The first-order valence-corrected chi connectivity index (χ1v) is 5.99. The summed E-state index contributed by atoms with van der Waals surface area (Å²) in [6, 6.07) is 0. The van der Waals surface area contributed by atoms with E-state index in [0.29, 0.717) is 6.54 Å². The van der Waals surface area contributed by atoms with Gasteiger partial charge in [-0.25, -0.2) is 0 Å². The molecule has 1 unspecified atom stereocenters. The third kappa shape index (κ3) is 3.20. The van der Waals surface area contributed by atoms with Gasteiger partial charge in [-0.05, 0) is 12.3 Å². The van der Waals surface area contributed by atoms with Crippen molar-refractivity contribution in [3.63, 3.8) is 0 Å². The molecule has 0 spiro atoms. The molecule has 1 rings (SSSR count). The van der Waals surface area contributed by atoms with E-state index in [-0.39, 0.29) is 12.5 Å². The number of hydrogen-bond acceptors (Lipinski definition) is 3. The molecule has 0 saturated heterocycles. The Labute approximate surface area is 102 Å². The van der Waals surface area contributed by atoms with Gasteiger partial charge in [0.2, 0.25) is 0 Å². The number of nitrogens with one attached hydrogen (secondary N) is 1. The largest absolute Gasteiger partial charge is 0.396 e. The first kappa shape index (κ1) is 13.5. The van der Waals surface area contributed by atoms with E-state index in [1.165, 1.54) is 0 Å². The van der Waals surface area contributed by atoms with Gasteiger partial charge in [0.25, 0.3) is 0 Å². The smallest absolute Gasteiger partial charge is 0.0863 e. The van der Waals surface area contributed by atoms with E-state index in [4.69, 9.17) is 16.7 Å². The topological polar surface area (TPSA) is 50.1 Å². The first-order chi connectivity index (χ1) is 7.60. The molecular weight excluding hydrogens is 226 g/mol. The summed E-state index contributed by atoms with van der Waals surface area (Å²) in [4.78, 5) is 0. The highest BCUT2D eigenvalue weighted by atomic mass is 35.5. The van der Waals surface area contributed by atoms with Gasteiger partial charge in [0.15, 0.2) is 0 Å². The first-order valence-electron chi connectivity index (χ1n) is 5.61. The zero-order valence-corrected chi connectivity index (χ0v) is 10.9. The number of aromatic nitrogens is 2. The van der Waals surface area contributed by atoms with Crippen LogP contribution in [0.1, 0.15) is 25.2 Å². The highest BCUT2D eigenvalue weighted by Gasteiger charge is 2.12. The van der Waals surface area contributed by atoms with Crippen LogP contribution < -0.4 is 5.32 Å². The fourth-order valence-electron chi connectivity index (χ4n) is 1.51. The molecule has 1 aromatic rings. The molecular formula is C11H20ClN3O. The van der Waals surface area contributed by atoms with Gasteiger partial charge < -0.3 is 10.4 Å². The Hall–Kier alpha value is -0.580. The molecule has 0 aliphatic carbocycles. The lowest BCUT2D eigenvalue weighted by Crippen LogP contribution is -2.23. The van der Waals surface area contributed by atoms with Gasteiger partial charge in [0.05, 0.1) is 16.4 Å². The average Bonchev–Trinajstić information content (AvgIpc) is 2.55. The van der Waals surface area contributed by atoms with E-state index < -0.39 is 0 Å². The molecule has 0 aliphatic heterocycles. The minimum atomic E-state index is 0.201. The molecule has 92 valence electrons. The van der Waals surface area contributed by atoms with Gasteiger partial charge in [-0.15, -0.1) is 0 Å². The van der Waals surface area contributed by atoms with Crippen LogP contribution in [0, 0.1) is 5.92 Å². The second kappa shape index (κ2) is 6.23. The van der Waals surface area contributed by atoms with Crippen molar-refractivity contribution < 1.29 is 5.11 Å². The Kier molecular flexibility index (Phi) is 5.25. The van der Waals surface area contributed by atoms with Crippen molar-refractivity contribution in [2.75, 3.05) is 13.2 Å². The van der Waals surface area contributed by atoms with E-state index in [1.54, 1.807) is 0 Å². The summed E-state index contributed by atoms with van der Waals surface area (Å²) in [6.07, 6.45) is 0.847. The lowest BCUT2D eigenvalue weighted by Gasteiger charge is -2.09.